The van der Waals surface area contributed by atoms with Gasteiger partial charge in [-0.25, -0.2) is 0 Å². The minimum absolute atomic E-state index is 0.375. The van der Waals surface area contributed by atoms with E-state index in [1.807, 2.05) is 0 Å². The first-order valence-corrected chi connectivity index (χ1v) is 6.36. The molecule has 2 nitrogen and oxygen atoms in total. The van der Waals surface area contributed by atoms with Crippen molar-refractivity contribution in [1.29, 1.82) is 0 Å². The Morgan fingerprint density at radius 3 is 1.88 bits per heavy atom. The van der Waals surface area contributed by atoms with Crippen molar-refractivity contribution in [2.75, 3.05) is 33.4 Å². The van der Waals surface area contributed by atoms with E-state index < -0.39 is 0 Å². The summed E-state index contributed by atoms with van der Waals surface area (Å²) in [5.74, 6) is 0. The average Bonchev–Trinajstić information content (AvgIpc) is 1.97. The van der Waals surface area contributed by atoms with Gasteiger partial charge in [0, 0.05) is 19.7 Å². The lowest BCUT2D eigenvalue weighted by molar-refractivity contribution is 0.0838. The number of hydrogen-bond donors (Lipinski definition) is 0. The Morgan fingerprint density at radius 1 is 0.875 bits per heavy atom. The van der Waals surface area contributed by atoms with Crippen LogP contribution >= 0.6 is 0 Å². The zero-order chi connectivity index (χ0) is 12.8. The lowest BCUT2D eigenvalue weighted by atomic mass is 9.93. The molecule has 0 aromatic rings. The molecule has 0 aromatic heterocycles. The Hall–Kier alpha value is -0.0800. The van der Waals surface area contributed by atoms with E-state index >= 15 is 0 Å². The van der Waals surface area contributed by atoms with Gasteiger partial charge in [0.25, 0.3) is 0 Å². The average molecular weight is 229 g/mol. The molecule has 0 aliphatic carbocycles. The second-order valence-corrected chi connectivity index (χ2v) is 7.22. The zero-order valence-electron chi connectivity index (χ0n) is 12.4. The van der Waals surface area contributed by atoms with Crippen molar-refractivity contribution in [3.05, 3.63) is 0 Å². The number of nitrogens with zero attached hydrogens (tertiary/aromatic N) is 1. The van der Waals surface area contributed by atoms with E-state index in [-0.39, 0.29) is 0 Å². The number of likely N-dealkylation sites (N-methyl/N-ethyl adjacent to an activating group) is 1. The predicted molar refractivity (Wildman–Crippen MR) is 71.8 cm³/mol. The molecular weight excluding hydrogens is 198 g/mol. The summed E-state index contributed by atoms with van der Waals surface area (Å²) in [6, 6.07) is 0. The van der Waals surface area contributed by atoms with Gasteiger partial charge in [0.2, 0.25) is 0 Å². The molecule has 0 atom stereocenters. The maximum atomic E-state index is 5.65. The molecule has 0 rings (SSSR count). The topological polar surface area (TPSA) is 12.5 Å². The second kappa shape index (κ2) is 6.61. The number of hydrogen-bond acceptors (Lipinski definition) is 2. The maximum Gasteiger partial charge on any atom is 0.0593 e. The molecule has 0 fully saturated rings. The molecule has 16 heavy (non-hydrogen) atoms. The van der Waals surface area contributed by atoms with Crippen LogP contribution in [0.1, 0.15) is 48.0 Å². The van der Waals surface area contributed by atoms with Crippen molar-refractivity contribution in [1.82, 2.24) is 4.90 Å². The molecule has 0 saturated carbocycles. The van der Waals surface area contributed by atoms with E-state index in [4.69, 9.17) is 4.74 Å². The minimum Gasteiger partial charge on any atom is -0.380 e. The summed E-state index contributed by atoms with van der Waals surface area (Å²) in [5, 5.41) is 0. The van der Waals surface area contributed by atoms with Crippen LogP contribution in [-0.2, 0) is 4.74 Å². The predicted octanol–water partition coefficient (Wildman–Crippen LogP) is 3.42. The molecule has 0 N–H and O–H groups in total. The van der Waals surface area contributed by atoms with Gasteiger partial charge in [0.05, 0.1) is 6.61 Å². The van der Waals surface area contributed by atoms with Crippen LogP contribution in [0.15, 0.2) is 0 Å². The lowest BCUT2D eigenvalue weighted by Gasteiger charge is -2.26. The van der Waals surface area contributed by atoms with Crippen molar-refractivity contribution in [3.63, 3.8) is 0 Å². The van der Waals surface area contributed by atoms with Crippen molar-refractivity contribution < 1.29 is 4.74 Å². The SMILES string of the molecule is CN(CCOCCC(C)(C)C)CC(C)(C)C. The standard InChI is InChI=1S/C14H31NO/c1-13(2,3)8-10-16-11-9-15(7)12-14(4,5)6/h8-12H2,1-7H3. The molecule has 0 amide bonds. The largest absolute Gasteiger partial charge is 0.380 e. The third-order valence-electron chi connectivity index (χ3n) is 2.36. The third-order valence-corrected chi connectivity index (χ3v) is 2.36. The molecule has 2 heteroatoms. The van der Waals surface area contributed by atoms with Crippen molar-refractivity contribution >= 4 is 0 Å². The first kappa shape index (κ1) is 15.9. The van der Waals surface area contributed by atoms with Crippen LogP contribution in [0.25, 0.3) is 0 Å². The molecular formula is C14H31NO. The van der Waals surface area contributed by atoms with E-state index in [0.717, 1.165) is 32.7 Å². The molecule has 0 bridgehead atoms. The van der Waals surface area contributed by atoms with Gasteiger partial charge in [-0.15, -0.1) is 0 Å². The third kappa shape index (κ3) is 12.0. The van der Waals surface area contributed by atoms with Gasteiger partial charge >= 0.3 is 0 Å². The van der Waals surface area contributed by atoms with Gasteiger partial charge in [0.15, 0.2) is 0 Å². The fourth-order valence-electron chi connectivity index (χ4n) is 1.59. The van der Waals surface area contributed by atoms with Gasteiger partial charge in [-0.2, -0.15) is 0 Å². The Bertz CT molecular complexity index is 176. The Kier molecular flexibility index (Phi) is 6.57. The Labute approximate surface area is 102 Å². The summed E-state index contributed by atoms with van der Waals surface area (Å²) in [6.45, 7) is 17.4. The number of ether oxygens (including phenoxy) is 1. The van der Waals surface area contributed by atoms with Crippen LogP contribution in [0.3, 0.4) is 0 Å². The van der Waals surface area contributed by atoms with Crippen molar-refractivity contribution in [2.24, 2.45) is 10.8 Å². The molecule has 0 radical (unpaired) electrons. The molecule has 98 valence electrons. The van der Waals surface area contributed by atoms with Crippen LogP contribution in [0.5, 0.6) is 0 Å². The first-order chi connectivity index (χ1) is 7.10. The smallest absolute Gasteiger partial charge is 0.0593 e. The fourth-order valence-corrected chi connectivity index (χ4v) is 1.59. The Morgan fingerprint density at radius 2 is 1.44 bits per heavy atom. The second-order valence-electron chi connectivity index (χ2n) is 7.22. The summed E-state index contributed by atoms with van der Waals surface area (Å²) < 4.78 is 5.65. The van der Waals surface area contributed by atoms with Gasteiger partial charge in [-0.05, 0) is 24.3 Å². The summed E-state index contributed by atoms with van der Waals surface area (Å²) in [7, 11) is 2.17. The summed E-state index contributed by atoms with van der Waals surface area (Å²) in [4.78, 5) is 2.34. The molecule has 0 saturated heterocycles. The zero-order valence-corrected chi connectivity index (χ0v) is 12.4. The molecule has 0 aliphatic heterocycles. The van der Waals surface area contributed by atoms with E-state index in [1.54, 1.807) is 0 Å². The van der Waals surface area contributed by atoms with E-state index in [0.29, 0.717) is 10.8 Å². The summed E-state index contributed by atoms with van der Waals surface area (Å²) >= 11 is 0. The van der Waals surface area contributed by atoms with Gasteiger partial charge in [-0.1, -0.05) is 41.5 Å². The minimum atomic E-state index is 0.375. The highest BCUT2D eigenvalue weighted by atomic mass is 16.5. The van der Waals surface area contributed by atoms with E-state index in [2.05, 4.69) is 53.5 Å². The molecule has 0 heterocycles. The van der Waals surface area contributed by atoms with Gasteiger partial charge in [-0.3, -0.25) is 0 Å². The highest BCUT2D eigenvalue weighted by Gasteiger charge is 2.13. The quantitative estimate of drug-likeness (QED) is 0.647. The molecule has 0 aliphatic rings. The normalized spacial score (nSPS) is 13.5. The fraction of sp³-hybridized carbons (Fsp3) is 1.00. The lowest BCUT2D eigenvalue weighted by Crippen LogP contribution is -2.32. The van der Waals surface area contributed by atoms with Crippen molar-refractivity contribution in [3.8, 4) is 0 Å². The van der Waals surface area contributed by atoms with Gasteiger partial charge < -0.3 is 9.64 Å². The van der Waals surface area contributed by atoms with E-state index in [1.165, 1.54) is 0 Å². The summed E-state index contributed by atoms with van der Waals surface area (Å²) in [6.07, 6.45) is 1.13. The van der Waals surface area contributed by atoms with Crippen LogP contribution in [0, 0.1) is 10.8 Å². The van der Waals surface area contributed by atoms with Crippen LogP contribution in [0.4, 0.5) is 0 Å². The Balaban J connectivity index is 3.45. The highest BCUT2D eigenvalue weighted by Crippen LogP contribution is 2.18. The van der Waals surface area contributed by atoms with Crippen molar-refractivity contribution in [2.45, 2.75) is 48.0 Å². The van der Waals surface area contributed by atoms with E-state index in [9.17, 15) is 0 Å². The molecule has 0 unspecified atom stereocenters. The monoisotopic (exact) mass is 229 g/mol. The number of rotatable bonds is 6. The summed E-state index contributed by atoms with van der Waals surface area (Å²) in [5.41, 5.74) is 0.761. The molecule has 0 spiro atoms. The van der Waals surface area contributed by atoms with Crippen LogP contribution < -0.4 is 0 Å². The molecule has 0 aromatic carbocycles. The first-order valence-electron chi connectivity index (χ1n) is 6.36. The van der Waals surface area contributed by atoms with Crippen LogP contribution in [-0.4, -0.2) is 38.3 Å². The highest BCUT2D eigenvalue weighted by molar-refractivity contribution is 4.66. The van der Waals surface area contributed by atoms with Crippen LogP contribution in [0.2, 0.25) is 0 Å². The maximum absolute atomic E-state index is 5.65. The van der Waals surface area contributed by atoms with Gasteiger partial charge in [0.1, 0.15) is 0 Å².